The number of hydrogen-bond acceptors (Lipinski definition) is 6. The molecular weight excluding hydrogens is 412 g/mol. The maximum atomic E-state index is 13.3. The summed E-state index contributed by atoms with van der Waals surface area (Å²) < 4.78 is 16.5. The molecule has 3 amide bonds. The highest BCUT2D eigenvalue weighted by molar-refractivity contribution is 6.23. The van der Waals surface area contributed by atoms with Crippen molar-refractivity contribution in [3.05, 3.63) is 54.6 Å². The maximum Gasteiger partial charge on any atom is 0.261 e. The van der Waals surface area contributed by atoms with Crippen LogP contribution in [0.25, 0.3) is 0 Å². The Hall–Kier alpha value is -3.39. The first-order valence-electron chi connectivity index (χ1n) is 10.7. The van der Waals surface area contributed by atoms with Gasteiger partial charge in [-0.2, -0.15) is 0 Å². The molecule has 2 atom stereocenters. The molecule has 2 fully saturated rings. The predicted octanol–water partition coefficient (Wildman–Crippen LogP) is 2.41. The third kappa shape index (κ3) is 4.75. The molecule has 2 unspecified atom stereocenters. The van der Waals surface area contributed by atoms with Crippen molar-refractivity contribution in [2.75, 3.05) is 31.8 Å². The lowest BCUT2D eigenvalue weighted by atomic mass is 10.1. The van der Waals surface area contributed by atoms with E-state index >= 15 is 0 Å². The van der Waals surface area contributed by atoms with E-state index in [9.17, 15) is 14.4 Å². The molecule has 0 spiro atoms. The molecule has 2 aromatic carbocycles. The molecule has 0 saturated carbocycles. The number of methoxy groups -OCH3 is 1. The number of nitrogens with zero attached hydrogens (tertiary/aromatic N) is 2. The van der Waals surface area contributed by atoms with Crippen LogP contribution in [0.4, 0.5) is 5.69 Å². The molecule has 168 valence electrons. The van der Waals surface area contributed by atoms with Gasteiger partial charge in [0.2, 0.25) is 5.91 Å². The number of carbonyl (C=O) groups excluding carboxylic acids is 3. The maximum absolute atomic E-state index is 13.3. The second-order valence-electron chi connectivity index (χ2n) is 7.77. The number of ether oxygens (including phenoxy) is 3. The van der Waals surface area contributed by atoms with Crippen molar-refractivity contribution in [3.8, 4) is 11.5 Å². The summed E-state index contributed by atoms with van der Waals surface area (Å²) in [5.74, 6) is 0.0573. The van der Waals surface area contributed by atoms with Crippen LogP contribution in [0.2, 0.25) is 0 Å². The Morgan fingerprint density at radius 2 is 1.84 bits per heavy atom. The Bertz CT molecular complexity index is 956. The number of rotatable bonds is 8. The minimum atomic E-state index is -0.888. The standard InChI is InChI=1S/C24H26N2O6/c1-30-18-11-9-17(10-12-18)26-22(27)14-21(24(26)29)25(15-20-8-5-13-31-20)23(28)16-32-19-6-3-2-4-7-19/h2-4,6-7,9-12,20-21H,5,8,13-16H2,1H3. The van der Waals surface area contributed by atoms with Gasteiger partial charge >= 0.3 is 0 Å². The summed E-state index contributed by atoms with van der Waals surface area (Å²) in [6.45, 7) is 0.650. The molecule has 0 aliphatic carbocycles. The molecule has 2 aromatic rings. The molecule has 2 aliphatic heterocycles. The summed E-state index contributed by atoms with van der Waals surface area (Å²) in [6, 6.07) is 14.8. The molecule has 8 nitrogen and oxygen atoms in total. The molecule has 0 N–H and O–H groups in total. The lowest BCUT2D eigenvalue weighted by Gasteiger charge is -2.29. The second-order valence-corrected chi connectivity index (χ2v) is 7.77. The molecule has 2 aliphatic rings. The van der Waals surface area contributed by atoms with Crippen LogP contribution < -0.4 is 14.4 Å². The third-order valence-electron chi connectivity index (χ3n) is 5.68. The van der Waals surface area contributed by atoms with E-state index in [1.165, 1.54) is 4.90 Å². The number of benzene rings is 2. The van der Waals surface area contributed by atoms with Crippen LogP contribution in [0, 0.1) is 0 Å². The number of anilines is 1. The highest BCUT2D eigenvalue weighted by atomic mass is 16.5. The van der Waals surface area contributed by atoms with Gasteiger partial charge in [-0.1, -0.05) is 18.2 Å². The van der Waals surface area contributed by atoms with Crippen molar-refractivity contribution in [2.45, 2.75) is 31.4 Å². The monoisotopic (exact) mass is 438 g/mol. The molecule has 4 rings (SSSR count). The van der Waals surface area contributed by atoms with E-state index in [1.54, 1.807) is 43.5 Å². The minimum Gasteiger partial charge on any atom is -0.497 e. The number of hydrogen-bond donors (Lipinski definition) is 0. The summed E-state index contributed by atoms with van der Waals surface area (Å²) in [7, 11) is 1.54. The molecule has 32 heavy (non-hydrogen) atoms. The third-order valence-corrected chi connectivity index (χ3v) is 5.68. The molecule has 2 saturated heterocycles. The van der Waals surface area contributed by atoms with Gasteiger partial charge in [0.1, 0.15) is 17.5 Å². The van der Waals surface area contributed by atoms with E-state index < -0.39 is 11.9 Å². The summed E-state index contributed by atoms with van der Waals surface area (Å²) in [5, 5.41) is 0. The Morgan fingerprint density at radius 3 is 2.50 bits per heavy atom. The summed E-state index contributed by atoms with van der Waals surface area (Å²) in [4.78, 5) is 41.7. The van der Waals surface area contributed by atoms with Gasteiger partial charge in [-0.3, -0.25) is 14.4 Å². The topological polar surface area (TPSA) is 85.4 Å². The van der Waals surface area contributed by atoms with Gasteiger partial charge in [0.15, 0.2) is 6.61 Å². The van der Waals surface area contributed by atoms with Crippen LogP contribution in [-0.4, -0.2) is 61.6 Å². The summed E-state index contributed by atoms with van der Waals surface area (Å²) in [5.41, 5.74) is 0.452. The largest absolute Gasteiger partial charge is 0.497 e. The van der Waals surface area contributed by atoms with E-state index in [-0.39, 0.29) is 37.5 Å². The Kier molecular flexibility index (Phi) is 6.70. The van der Waals surface area contributed by atoms with E-state index in [0.29, 0.717) is 23.8 Å². The lowest BCUT2D eigenvalue weighted by Crippen LogP contribution is -2.50. The van der Waals surface area contributed by atoms with Crippen LogP contribution in [-0.2, 0) is 19.1 Å². The first-order chi connectivity index (χ1) is 15.6. The minimum absolute atomic E-state index is 0.0747. The van der Waals surface area contributed by atoms with Crippen LogP contribution in [0.15, 0.2) is 54.6 Å². The van der Waals surface area contributed by atoms with Gasteiger partial charge in [0.25, 0.3) is 11.8 Å². The van der Waals surface area contributed by atoms with Crippen molar-refractivity contribution in [1.29, 1.82) is 0 Å². The first-order valence-corrected chi connectivity index (χ1v) is 10.7. The van der Waals surface area contributed by atoms with Gasteiger partial charge in [0, 0.05) is 13.2 Å². The van der Waals surface area contributed by atoms with E-state index in [2.05, 4.69) is 0 Å². The zero-order valence-electron chi connectivity index (χ0n) is 17.9. The van der Waals surface area contributed by atoms with E-state index in [1.807, 2.05) is 18.2 Å². The van der Waals surface area contributed by atoms with Crippen molar-refractivity contribution >= 4 is 23.4 Å². The highest BCUT2D eigenvalue weighted by Crippen LogP contribution is 2.28. The Labute approximate surface area is 186 Å². The first kappa shape index (κ1) is 21.8. The van der Waals surface area contributed by atoms with Crippen LogP contribution in [0.1, 0.15) is 19.3 Å². The normalized spacial score (nSPS) is 20.5. The van der Waals surface area contributed by atoms with Crippen LogP contribution >= 0.6 is 0 Å². The quantitative estimate of drug-likeness (QED) is 0.589. The molecule has 0 aromatic heterocycles. The van der Waals surface area contributed by atoms with Crippen LogP contribution in [0.3, 0.4) is 0 Å². The summed E-state index contributed by atoms with van der Waals surface area (Å²) in [6.07, 6.45) is 1.48. The zero-order valence-corrected chi connectivity index (χ0v) is 17.9. The van der Waals surface area contributed by atoms with Gasteiger partial charge in [-0.25, -0.2) is 4.90 Å². The van der Waals surface area contributed by atoms with Gasteiger partial charge < -0.3 is 19.1 Å². The highest BCUT2D eigenvalue weighted by Gasteiger charge is 2.45. The van der Waals surface area contributed by atoms with E-state index in [4.69, 9.17) is 14.2 Å². The molecule has 0 radical (unpaired) electrons. The van der Waals surface area contributed by atoms with Crippen molar-refractivity contribution in [3.63, 3.8) is 0 Å². The second kappa shape index (κ2) is 9.82. The number of imide groups is 1. The fourth-order valence-electron chi connectivity index (χ4n) is 4.02. The van der Waals surface area contributed by atoms with Gasteiger partial charge in [-0.05, 0) is 49.2 Å². The van der Waals surface area contributed by atoms with Crippen molar-refractivity contribution < 1.29 is 28.6 Å². The Balaban J connectivity index is 1.52. The summed E-state index contributed by atoms with van der Waals surface area (Å²) >= 11 is 0. The number of amides is 3. The molecule has 8 heteroatoms. The van der Waals surface area contributed by atoms with Crippen molar-refractivity contribution in [2.24, 2.45) is 0 Å². The lowest BCUT2D eigenvalue weighted by molar-refractivity contribution is -0.141. The predicted molar refractivity (Wildman–Crippen MR) is 117 cm³/mol. The van der Waals surface area contributed by atoms with Crippen molar-refractivity contribution in [1.82, 2.24) is 4.90 Å². The fraction of sp³-hybridized carbons (Fsp3) is 0.375. The molecule has 0 bridgehead atoms. The SMILES string of the molecule is COc1ccc(N2C(=O)CC(N(CC3CCCO3)C(=O)COc3ccccc3)C2=O)cc1. The fourth-order valence-corrected chi connectivity index (χ4v) is 4.02. The van der Waals surface area contributed by atoms with Gasteiger partial charge in [-0.15, -0.1) is 0 Å². The Morgan fingerprint density at radius 1 is 1.09 bits per heavy atom. The number of carbonyl (C=O) groups is 3. The number of para-hydroxylation sites is 1. The average molecular weight is 438 g/mol. The van der Waals surface area contributed by atoms with Gasteiger partial charge in [0.05, 0.1) is 25.3 Å². The molecule has 2 heterocycles. The van der Waals surface area contributed by atoms with E-state index in [0.717, 1.165) is 17.7 Å². The van der Waals surface area contributed by atoms with Crippen LogP contribution in [0.5, 0.6) is 11.5 Å². The zero-order chi connectivity index (χ0) is 22.5. The average Bonchev–Trinajstić information content (AvgIpc) is 3.44. The molecular formula is C24H26N2O6. The smallest absolute Gasteiger partial charge is 0.261 e.